The lowest BCUT2D eigenvalue weighted by atomic mass is 9.67. The third-order valence-electron chi connectivity index (χ3n) is 6.30. The lowest BCUT2D eigenvalue weighted by molar-refractivity contribution is -0.146. The smallest absolute Gasteiger partial charge is 0.315 e. The van der Waals surface area contributed by atoms with E-state index < -0.39 is 5.92 Å². The molecule has 0 amide bonds. The molecule has 0 bridgehead atoms. The first kappa shape index (κ1) is 22.5. The van der Waals surface area contributed by atoms with Gasteiger partial charge < -0.3 is 4.74 Å². The molecule has 0 N–H and O–H groups in total. The molecule has 0 spiro atoms. The Bertz CT molecular complexity index is 861. The van der Waals surface area contributed by atoms with Gasteiger partial charge in [0.15, 0.2) is 5.78 Å². The first-order valence-electron chi connectivity index (χ1n) is 11.3. The van der Waals surface area contributed by atoms with Gasteiger partial charge in [-0.1, -0.05) is 64.8 Å². The summed E-state index contributed by atoms with van der Waals surface area (Å²) >= 11 is 0. The third-order valence-corrected chi connectivity index (χ3v) is 6.30. The molecule has 3 rings (SSSR count). The number of aryl methyl sites for hydroxylation is 1. The second kappa shape index (κ2) is 9.28. The fraction of sp³-hybridized carbons (Fsp3) is 0.577. The Morgan fingerprint density at radius 2 is 1.83 bits per heavy atom. The quantitative estimate of drug-likeness (QED) is 0.422. The number of allylic oxidation sites excluding steroid dienone is 2. The van der Waals surface area contributed by atoms with Gasteiger partial charge in [0.25, 0.3) is 0 Å². The number of esters is 1. The van der Waals surface area contributed by atoms with E-state index >= 15 is 0 Å². The van der Waals surface area contributed by atoms with E-state index in [9.17, 15) is 9.59 Å². The van der Waals surface area contributed by atoms with Crippen LogP contribution in [0.25, 0.3) is 0 Å². The van der Waals surface area contributed by atoms with Gasteiger partial charge in [0, 0.05) is 29.3 Å². The number of aliphatic imine (C=N–C) groups is 1. The summed E-state index contributed by atoms with van der Waals surface area (Å²) in [5.74, 6) is -0.999. The van der Waals surface area contributed by atoms with E-state index in [2.05, 4.69) is 52.0 Å². The summed E-state index contributed by atoms with van der Waals surface area (Å²) in [5, 5.41) is 0. The topological polar surface area (TPSA) is 55.7 Å². The molecule has 1 aliphatic carbocycles. The molecular formula is C26H35NO3. The predicted molar refractivity (Wildman–Crippen MR) is 121 cm³/mol. The summed E-state index contributed by atoms with van der Waals surface area (Å²) < 4.78 is 5.65. The molecule has 0 radical (unpaired) electrons. The Morgan fingerprint density at radius 3 is 2.47 bits per heavy atom. The van der Waals surface area contributed by atoms with Crippen molar-refractivity contribution in [2.45, 2.75) is 79.1 Å². The van der Waals surface area contributed by atoms with Crippen LogP contribution in [0.3, 0.4) is 0 Å². The van der Waals surface area contributed by atoms with E-state index in [0.717, 1.165) is 54.6 Å². The van der Waals surface area contributed by atoms with Crippen LogP contribution in [0.15, 0.2) is 40.5 Å². The van der Waals surface area contributed by atoms with Crippen LogP contribution in [0.5, 0.6) is 0 Å². The fourth-order valence-corrected chi connectivity index (χ4v) is 4.69. The predicted octanol–water partition coefficient (Wildman–Crippen LogP) is 5.80. The number of hydrogen-bond acceptors (Lipinski definition) is 4. The van der Waals surface area contributed by atoms with Crippen molar-refractivity contribution in [3.8, 4) is 0 Å². The van der Waals surface area contributed by atoms with Crippen molar-refractivity contribution in [2.75, 3.05) is 6.61 Å². The normalized spacial score (nSPS) is 23.1. The number of hydrogen-bond donors (Lipinski definition) is 0. The molecule has 0 saturated heterocycles. The zero-order valence-corrected chi connectivity index (χ0v) is 19.1. The van der Waals surface area contributed by atoms with E-state index in [-0.39, 0.29) is 23.1 Å². The number of carbonyl (C=O) groups is 2. The second-order valence-corrected chi connectivity index (χ2v) is 9.48. The minimum atomic E-state index is -0.539. The van der Waals surface area contributed by atoms with E-state index in [4.69, 9.17) is 9.73 Å². The Morgan fingerprint density at radius 1 is 1.13 bits per heavy atom. The van der Waals surface area contributed by atoms with Crippen LogP contribution < -0.4 is 0 Å². The summed E-state index contributed by atoms with van der Waals surface area (Å²) in [6.07, 6.45) is 5.18. The molecule has 1 aromatic rings. The highest BCUT2D eigenvalue weighted by Crippen LogP contribution is 2.47. The molecule has 0 saturated carbocycles. The zero-order valence-electron chi connectivity index (χ0n) is 19.1. The highest BCUT2D eigenvalue weighted by atomic mass is 16.5. The van der Waals surface area contributed by atoms with Gasteiger partial charge >= 0.3 is 5.97 Å². The van der Waals surface area contributed by atoms with Crippen LogP contribution >= 0.6 is 0 Å². The van der Waals surface area contributed by atoms with Gasteiger partial charge in [-0.25, -0.2) is 0 Å². The number of unbranched alkanes of at least 4 members (excludes halogenated alkanes) is 2. The molecule has 2 aliphatic rings. The molecule has 30 heavy (non-hydrogen) atoms. The van der Waals surface area contributed by atoms with Gasteiger partial charge in [0.1, 0.15) is 5.92 Å². The Labute approximate surface area is 180 Å². The van der Waals surface area contributed by atoms with Crippen molar-refractivity contribution in [2.24, 2.45) is 16.3 Å². The number of rotatable bonds is 7. The number of carbonyl (C=O) groups excluding carboxylic acids is 2. The summed E-state index contributed by atoms with van der Waals surface area (Å²) in [6.45, 7) is 10.8. The first-order chi connectivity index (χ1) is 14.3. The zero-order chi connectivity index (χ0) is 21.9. The van der Waals surface area contributed by atoms with Crippen LogP contribution in [0.2, 0.25) is 0 Å². The maximum atomic E-state index is 13.2. The van der Waals surface area contributed by atoms with E-state index in [1.54, 1.807) is 0 Å². The van der Waals surface area contributed by atoms with Crippen LogP contribution in [0.1, 0.15) is 83.8 Å². The SMILES string of the molecule is CCCCCOC(=O)C1C(C)=NC2=C(C(=O)CC(C)(C)C2)[C@@H]1c1ccc(CC)cc1. The molecule has 4 nitrogen and oxygen atoms in total. The van der Waals surface area contributed by atoms with Crippen LogP contribution in [-0.2, 0) is 20.7 Å². The molecule has 0 fully saturated rings. The molecular weight excluding hydrogens is 374 g/mol. The number of nitrogens with zero attached hydrogens (tertiary/aromatic N) is 1. The molecule has 1 unspecified atom stereocenters. The highest BCUT2D eigenvalue weighted by molar-refractivity contribution is 6.09. The lowest BCUT2D eigenvalue weighted by Gasteiger charge is -2.39. The lowest BCUT2D eigenvalue weighted by Crippen LogP contribution is -2.39. The van der Waals surface area contributed by atoms with E-state index in [1.807, 2.05) is 6.92 Å². The summed E-state index contributed by atoms with van der Waals surface area (Å²) in [5.41, 5.74) is 4.46. The average Bonchev–Trinajstić information content (AvgIpc) is 2.69. The van der Waals surface area contributed by atoms with Crippen molar-refractivity contribution in [3.05, 3.63) is 46.7 Å². The molecule has 1 aliphatic heterocycles. The molecule has 1 aromatic carbocycles. The van der Waals surface area contributed by atoms with E-state index in [1.165, 1.54) is 5.56 Å². The minimum Gasteiger partial charge on any atom is -0.465 e. The number of ketones is 1. The monoisotopic (exact) mass is 409 g/mol. The maximum absolute atomic E-state index is 13.2. The van der Waals surface area contributed by atoms with Crippen molar-refractivity contribution in [1.82, 2.24) is 0 Å². The van der Waals surface area contributed by atoms with Crippen molar-refractivity contribution >= 4 is 17.5 Å². The molecule has 0 aromatic heterocycles. The van der Waals surface area contributed by atoms with Crippen LogP contribution in [0, 0.1) is 11.3 Å². The number of ether oxygens (including phenoxy) is 1. The highest BCUT2D eigenvalue weighted by Gasteiger charge is 2.45. The average molecular weight is 410 g/mol. The third kappa shape index (κ3) is 4.74. The molecule has 162 valence electrons. The largest absolute Gasteiger partial charge is 0.465 e. The van der Waals surface area contributed by atoms with Crippen molar-refractivity contribution in [1.29, 1.82) is 0 Å². The second-order valence-electron chi connectivity index (χ2n) is 9.48. The van der Waals surface area contributed by atoms with Gasteiger partial charge in [0.05, 0.1) is 6.61 Å². The summed E-state index contributed by atoms with van der Waals surface area (Å²) in [7, 11) is 0. The van der Waals surface area contributed by atoms with Gasteiger partial charge in [-0.3, -0.25) is 14.6 Å². The Balaban J connectivity index is 2.01. The number of Topliss-reactive ketones (excluding diaryl/α,β-unsaturated/α-hetero) is 1. The molecule has 1 heterocycles. The van der Waals surface area contributed by atoms with Crippen LogP contribution in [-0.4, -0.2) is 24.1 Å². The number of benzene rings is 1. The van der Waals surface area contributed by atoms with Gasteiger partial charge in [-0.05, 0) is 42.7 Å². The maximum Gasteiger partial charge on any atom is 0.315 e. The van der Waals surface area contributed by atoms with Gasteiger partial charge in [-0.2, -0.15) is 0 Å². The van der Waals surface area contributed by atoms with Gasteiger partial charge in [-0.15, -0.1) is 0 Å². The van der Waals surface area contributed by atoms with Crippen LogP contribution in [0.4, 0.5) is 0 Å². The summed E-state index contributed by atoms with van der Waals surface area (Å²) in [4.78, 5) is 31.2. The Kier molecular flexibility index (Phi) is 6.95. The first-order valence-corrected chi connectivity index (χ1v) is 11.3. The van der Waals surface area contributed by atoms with E-state index in [0.29, 0.717) is 13.0 Å². The standard InChI is InChI=1S/C26H35NO3/c1-6-8-9-14-30-25(29)22-17(3)27-20-15-26(4,5)16-21(28)24(20)23(22)19-12-10-18(7-2)11-13-19/h10-13,22-23H,6-9,14-16H2,1-5H3/t22?,23-/m1/s1. The fourth-order valence-electron chi connectivity index (χ4n) is 4.69. The minimum absolute atomic E-state index is 0.107. The van der Waals surface area contributed by atoms with Crippen molar-refractivity contribution in [3.63, 3.8) is 0 Å². The van der Waals surface area contributed by atoms with Crippen molar-refractivity contribution < 1.29 is 14.3 Å². The Hall–Kier alpha value is -2.23. The van der Waals surface area contributed by atoms with Gasteiger partial charge in [0.2, 0.25) is 0 Å². The summed E-state index contributed by atoms with van der Waals surface area (Å²) in [6, 6.07) is 8.32. The molecule has 4 heteroatoms. The molecule has 2 atom stereocenters.